The lowest BCUT2D eigenvalue weighted by atomic mass is 9.72. The number of halogens is 2. The molecule has 2 atom stereocenters. The standard InChI is InChI=1S/C18H17Cl2NO3S/c19-11-7-6-10(9-12(11)20)16-17-13(3-1-5-15(17)22)21-14-4-2-8-25(23,24)18(14)16/h6-7,9,16-17H,1-5,8H2. The molecule has 0 saturated heterocycles. The van der Waals surface area contributed by atoms with Crippen LogP contribution < -0.4 is 0 Å². The van der Waals surface area contributed by atoms with Crippen molar-refractivity contribution in [1.82, 2.24) is 0 Å². The van der Waals surface area contributed by atoms with Crippen molar-refractivity contribution >= 4 is 44.5 Å². The molecule has 1 saturated carbocycles. The Bertz CT molecular complexity index is 934. The van der Waals surface area contributed by atoms with Crippen LogP contribution in [0.25, 0.3) is 0 Å². The maximum Gasteiger partial charge on any atom is 0.177 e. The van der Waals surface area contributed by atoms with E-state index < -0.39 is 21.7 Å². The fourth-order valence-electron chi connectivity index (χ4n) is 4.14. The third kappa shape index (κ3) is 2.86. The predicted octanol–water partition coefficient (Wildman–Crippen LogP) is 4.32. The van der Waals surface area contributed by atoms with Gasteiger partial charge in [-0.2, -0.15) is 0 Å². The van der Waals surface area contributed by atoms with Gasteiger partial charge >= 0.3 is 0 Å². The van der Waals surface area contributed by atoms with E-state index >= 15 is 0 Å². The van der Waals surface area contributed by atoms with Crippen molar-refractivity contribution in [2.75, 3.05) is 5.75 Å². The van der Waals surface area contributed by atoms with Gasteiger partial charge in [-0.1, -0.05) is 29.3 Å². The fourth-order valence-corrected chi connectivity index (χ4v) is 6.36. The van der Waals surface area contributed by atoms with Crippen LogP contribution in [0.15, 0.2) is 33.8 Å². The monoisotopic (exact) mass is 397 g/mol. The molecule has 3 aliphatic rings. The van der Waals surface area contributed by atoms with E-state index in [1.54, 1.807) is 18.2 Å². The highest BCUT2D eigenvalue weighted by atomic mass is 35.5. The Hall–Kier alpha value is -1.17. The molecule has 2 heterocycles. The maximum atomic E-state index is 12.8. The molecular weight excluding hydrogens is 381 g/mol. The summed E-state index contributed by atoms with van der Waals surface area (Å²) < 4.78 is 25.7. The zero-order valence-electron chi connectivity index (χ0n) is 13.5. The van der Waals surface area contributed by atoms with Crippen LogP contribution in [0.2, 0.25) is 10.0 Å². The number of hydrogen-bond acceptors (Lipinski definition) is 4. The van der Waals surface area contributed by atoms with E-state index in [0.29, 0.717) is 39.9 Å². The molecule has 0 amide bonds. The van der Waals surface area contributed by atoms with Gasteiger partial charge in [0.25, 0.3) is 0 Å². The predicted molar refractivity (Wildman–Crippen MR) is 99.0 cm³/mol. The van der Waals surface area contributed by atoms with Crippen molar-refractivity contribution < 1.29 is 13.2 Å². The quantitative estimate of drug-likeness (QED) is 0.708. The molecule has 1 aromatic carbocycles. The van der Waals surface area contributed by atoms with E-state index in [-0.39, 0.29) is 11.5 Å². The first-order valence-corrected chi connectivity index (χ1v) is 10.8. The Balaban J connectivity index is 1.96. The van der Waals surface area contributed by atoms with Crippen LogP contribution in [0.5, 0.6) is 0 Å². The number of nitrogens with zero attached hydrogens (tertiary/aromatic N) is 1. The van der Waals surface area contributed by atoms with Crippen molar-refractivity contribution in [3.8, 4) is 0 Å². The third-order valence-corrected chi connectivity index (χ3v) is 7.93. The minimum absolute atomic E-state index is 0.0633. The second kappa shape index (κ2) is 6.22. The van der Waals surface area contributed by atoms with Crippen molar-refractivity contribution in [1.29, 1.82) is 0 Å². The van der Waals surface area contributed by atoms with Crippen LogP contribution in [-0.4, -0.2) is 25.7 Å². The number of fused-ring (bicyclic) bond motifs is 1. The average Bonchev–Trinajstić information content (AvgIpc) is 2.55. The molecule has 0 radical (unpaired) electrons. The van der Waals surface area contributed by atoms with Gasteiger partial charge in [0.15, 0.2) is 9.84 Å². The molecule has 7 heteroatoms. The molecule has 0 bridgehead atoms. The lowest BCUT2D eigenvalue weighted by Gasteiger charge is -2.38. The zero-order valence-corrected chi connectivity index (χ0v) is 15.8. The summed E-state index contributed by atoms with van der Waals surface area (Å²) >= 11 is 12.2. The van der Waals surface area contributed by atoms with E-state index in [4.69, 9.17) is 23.2 Å². The minimum Gasteiger partial charge on any atom is -0.299 e. The SMILES string of the molecule is O=C1CCCC2=NC3=C(C(c4ccc(Cl)c(Cl)c4)C12)S(=O)(=O)CCC3. The lowest BCUT2D eigenvalue weighted by Crippen LogP contribution is -2.40. The van der Waals surface area contributed by atoms with E-state index in [1.807, 2.05) is 0 Å². The maximum absolute atomic E-state index is 12.8. The number of hydrogen-bond donors (Lipinski definition) is 0. The topological polar surface area (TPSA) is 63.6 Å². The Labute approximate surface area is 156 Å². The van der Waals surface area contributed by atoms with Gasteiger partial charge in [-0.05, 0) is 43.4 Å². The first kappa shape index (κ1) is 17.3. The van der Waals surface area contributed by atoms with E-state index in [1.165, 1.54) is 0 Å². The Kier molecular flexibility index (Phi) is 4.29. The minimum atomic E-state index is -3.43. The van der Waals surface area contributed by atoms with Crippen LogP contribution in [0.3, 0.4) is 0 Å². The number of aliphatic imine (C=N–C) groups is 1. The normalized spacial score (nSPS) is 28.2. The number of allylic oxidation sites excluding steroid dienone is 2. The molecule has 0 spiro atoms. The molecular formula is C18H17Cl2NO3S. The Morgan fingerprint density at radius 3 is 2.56 bits per heavy atom. The molecule has 1 aliphatic carbocycles. The van der Waals surface area contributed by atoms with Crippen LogP contribution in [-0.2, 0) is 14.6 Å². The fraction of sp³-hybridized carbons (Fsp3) is 0.444. The second-order valence-corrected chi connectivity index (χ2v) is 9.68. The van der Waals surface area contributed by atoms with Crippen molar-refractivity contribution in [2.24, 2.45) is 10.9 Å². The smallest absolute Gasteiger partial charge is 0.177 e. The molecule has 132 valence electrons. The van der Waals surface area contributed by atoms with E-state index in [2.05, 4.69) is 4.99 Å². The summed E-state index contributed by atoms with van der Waals surface area (Å²) in [4.78, 5) is 17.6. The summed E-state index contributed by atoms with van der Waals surface area (Å²) in [6.45, 7) is 0. The van der Waals surface area contributed by atoms with Crippen molar-refractivity contribution in [3.05, 3.63) is 44.4 Å². The molecule has 0 aromatic heterocycles. The number of ketones is 1. The largest absolute Gasteiger partial charge is 0.299 e. The summed E-state index contributed by atoms with van der Waals surface area (Å²) in [6, 6.07) is 5.13. The van der Waals surface area contributed by atoms with Crippen LogP contribution in [0, 0.1) is 5.92 Å². The number of benzene rings is 1. The summed E-state index contributed by atoms with van der Waals surface area (Å²) in [7, 11) is -3.43. The van der Waals surface area contributed by atoms with Gasteiger partial charge in [-0.15, -0.1) is 0 Å². The highest BCUT2D eigenvalue weighted by molar-refractivity contribution is 7.95. The van der Waals surface area contributed by atoms with Crippen LogP contribution in [0.4, 0.5) is 0 Å². The van der Waals surface area contributed by atoms with Crippen LogP contribution in [0.1, 0.15) is 43.6 Å². The second-order valence-electron chi connectivity index (χ2n) is 6.79. The Morgan fingerprint density at radius 2 is 1.80 bits per heavy atom. The molecule has 2 aliphatic heterocycles. The van der Waals surface area contributed by atoms with Gasteiger partial charge in [-0.25, -0.2) is 8.42 Å². The zero-order chi connectivity index (χ0) is 17.8. The van der Waals surface area contributed by atoms with E-state index in [9.17, 15) is 13.2 Å². The summed E-state index contributed by atoms with van der Waals surface area (Å²) in [5, 5.41) is 0.771. The number of sulfone groups is 1. The Morgan fingerprint density at radius 1 is 1.00 bits per heavy atom. The molecule has 4 nitrogen and oxygen atoms in total. The van der Waals surface area contributed by atoms with Gasteiger partial charge in [0.1, 0.15) is 5.78 Å². The van der Waals surface area contributed by atoms with Gasteiger partial charge in [0, 0.05) is 18.1 Å². The first-order chi connectivity index (χ1) is 11.9. The lowest BCUT2D eigenvalue weighted by molar-refractivity contribution is -0.121. The molecule has 4 rings (SSSR count). The first-order valence-electron chi connectivity index (χ1n) is 8.39. The van der Waals surface area contributed by atoms with E-state index in [0.717, 1.165) is 24.1 Å². The highest BCUT2D eigenvalue weighted by Crippen LogP contribution is 2.48. The molecule has 25 heavy (non-hydrogen) atoms. The molecule has 0 N–H and O–H groups in total. The number of carbonyl (C=O) groups is 1. The summed E-state index contributed by atoms with van der Waals surface area (Å²) in [5.74, 6) is -0.864. The molecule has 1 aromatic rings. The molecule has 2 unspecified atom stereocenters. The average molecular weight is 398 g/mol. The van der Waals surface area contributed by atoms with Gasteiger partial charge in [0.2, 0.25) is 0 Å². The summed E-state index contributed by atoms with van der Waals surface area (Å²) in [5.41, 5.74) is 2.17. The highest BCUT2D eigenvalue weighted by Gasteiger charge is 2.46. The van der Waals surface area contributed by atoms with Crippen molar-refractivity contribution in [3.63, 3.8) is 0 Å². The number of Topliss-reactive ketones (excluding diaryl/α,β-unsaturated/α-hetero) is 1. The third-order valence-electron chi connectivity index (χ3n) is 5.21. The molecule has 1 fully saturated rings. The van der Waals surface area contributed by atoms with Crippen molar-refractivity contribution in [2.45, 2.75) is 38.0 Å². The number of carbonyl (C=O) groups excluding carboxylic acids is 1. The van der Waals surface area contributed by atoms with Gasteiger partial charge in [0.05, 0.1) is 32.3 Å². The summed E-state index contributed by atoms with van der Waals surface area (Å²) in [6.07, 6.45) is 3.19. The van der Waals surface area contributed by atoms with Crippen LogP contribution >= 0.6 is 23.2 Å². The van der Waals surface area contributed by atoms with Gasteiger partial charge in [-0.3, -0.25) is 9.79 Å². The van der Waals surface area contributed by atoms with Gasteiger partial charge < -0.3 is 0 Å². The number of rotatable bonds is 1.